The Labute approximate surface area is 142 Å². The Bertz CT molecular complexity index is 287. The average Bonchev–Trinajstić information content (AvgIpc) is 2.46. The molecule has 2 heteroatoms. The number of halogens is 1. The molecule has 0 N–H and O–H groups in total. The molecule has 0 spiro atoms. The Morgan fingerprint density at radius 3 is 1.75 bits per heavy atom. The second-order valence-corrected chi connectivity index (χ2v) is 7.79. The van der Waals surface area contributed by atoms with Gasteiger partial charge in [0.1, 0.15) is 0 Å². The molecule has 0 bridgehead atoms. The highest BCUT2D eigenvalue weighted by Gasteiger charge is 1.98. The average molecular weight is 307 g/mol. The van der Waals surface area contributed by atoms with Crippen molar-refractivity contribution < 1.29 is 0 Å². The van der Waals surface area contributed by atoms with Crippen LogP contribution in [-0.2, 0) is 0 Å². The van der Waals surface area contributed by atoms with E-state index in [2.05, 4.69) is 37.3 Å². The third kappa shape index (κ3) is 12.1. The zero-order chi connectivity index (χ0) is 13.6. The van der Waals surface area contributed by atoms with Gasteiger partial charge < -0.3 is 0 Å². The molecule has 0 fully saturated rings. The van der Waals surface area contributed by atoms with E-state index in [9.17, 15) is 0 Å². The monoisotopic (exact) mass is 306 g/mol. The normalized spacial score (nSPS) is 9.85. The molecule has 0 atom stereocenters. The van der Waals surface area contributed by atoms with Gasteiger partial charge in [0.2, 0.25) is 0 Å². The minimum absolute atomic E-state index is 0. The van der Waals surface area contributed by atoms with Crippen LogP contribution in [0, 0.1) is 0 Å². The zero-order valence-corrected chi connectivity index (χ0v) is 15.5. The molecule has 0 amide bonds. The lowest BCUT2D eigenvalue weighted by Crippen LogP contribution is -2.12. The SMILES string of the molecule is CCCCCCCCCCC[CH2][Mg][c]1ccccc1.Cl. The lowest BCUT2D eigenvalue weighted by atomic mass is 10.1. The number of benzene rings is 1. The van der Waals surface area contributed by atoms with Crippen LogP contribution < -0.4 is 3.69 Å². The first-order valence-corrected chi connectivity index (χ1v) is 10.2. The molecule has 20 heavy (non-hydrogen) atoms. The van der Waals surface area contributed by atoms with Crippen LogP contribution in [0.15, 0.2) is 30.3 Å². The van der Waals surface area contributed by atoms with Gasteiger partial charge in [-0.2, -0.15) is 3.69 Å². The second kappa shape index (κ2) is 15.7. The molecule has 0 nitrogen and oxygen atoms in total. The molecule has 1 aromatic carbocycles. The van der Waals surface area contributed by atoms with Gasteiger partial charge >= 0.3 is 20.4 Å². The molecule has 0 aliphatic heterocycles. The van der Waals surface area contributed by atoms with Crippen LogP contribution in [0.25, 0.3) is 0 Å². The third-order valence-electron chi connectivity index (χ3n) is 3.91. The van der Waals surface area contributed by atoms with Crippen molar-refractivity contribution in [3.8, 4) is 0 Å². The Morgan fingerprint density at radius 2 is 1.20 bits per heavy atom. The standard InChI is InChI=1S/C12H25.C6H5.ClH.Mg/c1-3-5-7-9-11-12-10-8-6-4-2;1-2-4-6-5-3-1;;/h1,3-12H2,2H3;1-5H;1H;. The molecule has 0 unspecified atom stereocenters. The fraction of sp³-hybridized carbons (Fsp3) is 0.667. The fourth-order valence-electron chi connectivity index (χ4n) is 2.64. The highest BCUT2D eigenvalue weighted by atomic mass is 35.5. The van der Waals surface area contributed by atoms with E-state index in [0.29, 0.717) is 0 Å². The van der Waals surface area contributed by atoms with Crippen molar-refractivity contribution in [1.29, 1.82) is 0 Å². The van der Waals surface area contributed by atoms with Crippen molar-refractivity contribution in [3.63, 3.8) is 0 Å². The van der Waals surface area contributed by atoms with Gasteiger partial charge in [0, 0.05) is 0 Å². The predicted molar refractivity (Wildman–Crippen MR) is 95.7 cm³/mol. The van der Waals surface area contributed by atoms with Gasteiger partial charge in [-0.05, 0) is 0 Å². The Morgan fingerprint density at radius 1 is 0.700 bits per heavy atom. The molecular weight excluding hydrogens is 276 g/mol. The lowest BCUT2D eigenvalue weighted by molar-refractivity contribution is 0.562. The van der Waals surface area contributed by atoms with E-state index < -0.39 is 0 Å². The van der Waals surface area contributed by atoms with E-state index in [1.807, 2.05) is 0 Å². The Balaban J connectivity index is 0.00000361. The summed E-state index contributed by atoms with van der Waals surface area (Å²) in [5, 5.41) is 0. The van der Waals surface area contributed by atoms with Crippen molar-refractivity contribution in [2.75, 3.05) is 0 Å². The van der Waals surface area contributed by atoms with Crippen molar-refractivity contribution in [2.24, 2.45) is 0 Å². The van der Waals surface area contributed by atoms with Gasteiger partial charge in [-0.1, -0.05) is 101 Å². The molecule has 0 saturated carbocycles. The van der Waals surface area contributed by atoms with Crippen LogP contribution in [0.5, 0.6) is 0 Å². The first kappa shape index (κ1) is 20.3. The molecule has 0 aromatic heterocycles. The van der Waals surface area contributed by atoms with Crippen LogP contribution in [-0.4, -0.2) is 20.4 Å². The number of unbranched alkanes of at least 4 members (excludes halogenated alkanes) is 9. The third-order valence-corrected chi connectivity index (χ3v) is 5.81. The van der Waals surface area contributed by atoms with E-state index >= 15 is 0 Å². The largest absolute Gasteiger partial charge is 0.408 e. The molecule has 0 aliphatic carbocycles. The highest BCUT2D eigenvalue weighted by Crippen LogP contribution is 2.11. The summed E-state index contributed by atoms with van der Waals surface area (Å²) in [6.07, 6.45) is 14.5. The van der Waals surface area contributed by atoms with E-state index in [4.69, 9.17) is 0 Å². The summed E-state index contributed by atoms with van der Waals surface area (Å²) in [4.78, 5) is 0. The van der Waals surface area contributed by atoms with Crippen LogP contribution in [0.1, 0.15) is 71.1 Å². The lowest BCUT2D eigenvalue weighted by Gasteiger charge is -2.02. The quantitative estimate of drug-likeness (QED) is 0.339. The van der Waals surface area contributed by atoms with E-state index in [0.717, 1.165) is 0 Å². The maximum atomic E-state index is 2.31. The van der Waals surface area contributed by atoms with Gasteiger partial charge in [0.05, 0.1) is 0 Å². The summed E-state index contributed by atoms with van der Waals surface area (Å²) in [6.45, 7) is 2.29. The summed E-state index contributed by atoms with van der Waals surface area (Å²) in [5.74, 6) is 0. The molecule has 0 heterocycles. The predicted octanol–water partition coefficient (Wildman–Crippen LogP) is 5.78. The Hall–Kier alpha value is 0.276. The Kier molecular flexibility index (Phi) is 15.9. The van der Waals surface area contributed by atoms with Crippen molar-refractivity contribution >= 4 is 36.5 Å². The topological polar surface area (TPSA) is 0 Å². The molecule has 0 saturated heterocycles. The minimum Gasteiger partial charge on any atom is -0.174 e. The minimum atomic E-state index is 0. The first-order chi connectivity index (χ1) is 9.43. The van der Waals surface area contributed by atoms with Crippen LogP contribution in [0.3, 0.4) is 0 Å². The number of hydrogen-bond donors (Lipinski definition) is 0. The summed E-state index contributed by atoms with van der Waals surface area (Å²) in [5.41, 5.74) is 0. The summed E-state index contributed by atoms with van der Waals surface area (Å²) >= 11 is 0.0350. The maximum absolute atomic E-state index is 2.31. The van der Waals surface area contributed by atoms with E-state index in [-0.39, 0.29) is 32.8 Å². The summed E-state index contributed by atoms with van der Waals surface area (Å²) in [7, 11) is 0. The second-order valence-electron chi connectivity index (χ2n) is 5.77. The van der Waals surface area contributed by atoms with Crippen molar-refractivity contribution in [1.82, 2.24) is 0 Å². The van der Waals surface area contributed by atoms with Gasteiger partial charge in [0.25, 0.3) is 0 Å². The van der Waals surface area contributed by atoms with E-state index in [1.165, 1.54) is 68.8 Å². The summed E-state index contributed by atoms with van der Waals surface area (Å²) in [6, 6.07) is 11.1. The number of rotatable bonds is 12. The van der Waals surface area contributed by atoms with Gasteiger partial charge in [-0.15, -0.1) is 17.0 Å². The van der Waals surface area contributed by atoms with E-state index in [1.54, 1.807) is 3.69 Å². The van der Waals surface area contributed by atoms with Crippen LogP contribution in [0.2, 0.25) is 4.55 Å². The maximum Gasteiger partial charge on any atom is 0.408 e. The van der Waals surface area contributed by atoms with Gasteiger partial charge in [0.15, 0.2) is 0 Å². The molecule has 1 rings (SSSR count). The van der Waals surface area contributed by atoms with Gasteiger partial charge in [-0.3, -0.25) is 0 Å². The summed E-state index contributed by atoms with van der Waals surface area (Å²) < 4.78 is 3.14. The van der Waals surface area contributed by atoms with Crippen molar-refractivity contribution in [3.05, 3.63) is 30.3 Å². The van der Waals surface area contributed by atoms with Crippen LogP contribution in [0.4, 0.5) is 0 Å². The highest BCUT2D eigenvalue weighted by molar-refractivity contribution is 6.53. The molecule has 0 radical (unpaired) electrons. The number of hydrogen-bond acceptors (Lipinski definition) is 0. The van der Waals surface area contributed by atoms with Crippen LogP contribution >= 0.6 is 12.4 Å². The van der Waals surface area contributed by atoms with Gasteiger partial charge in [-0.25, -0.2) is 0 Å². The van der Waals surface area contributed by atoms with Crippen molar-refractivity contribution in [2.45, 2.75) is 75.7 Å². The first-order valence-electron chi connectivity index (χ1n) is 8.47. The fourth-order valence-corrected chi connectivity index (χ4v) is 4.26. The molecule has 0 aliphatic rings. The molecule has 1 aromatic rings. The molecular formula is C18H31ClMg. The molecule has 112 valence electrons. The smallest absolute Gasteiger partial charge is 0.174 e. The zero-order valence-electron chi connectivity index (χ0n) is 13.3.